The molecule has 4 atom stereocenters. The molecule has 0 saturated heterocycles. The average Bonchev–Trinajstić information content (AvgIpc) is 3.95. The minimum absolute atomic E-state index is 0.434. The molecular formula is C46H42Si2. The van der Waals surface area contributed by atoms with Gasteiger partial charge in [-0.3, -0.25) is 0 Å². The molecule has 5 aromatic rings. The van der Waals surface area contributed by atoms with Crippen LogP contribution in [0.2, 0.25) is 18.6 Å². The zero-order valence-electron chi connectivity index (χ0n) is 27.7. The van der Waals surface area contributed by atoms with Crippen LogP contribution >= 0.6 is 0 Å². The third-order valence-corrected chi connectivity index (χ3v) is 23.4. The lowest BCUT2D eigenvalue weighted by atomic mass is 10.1. The van der Waals surface area contributed by atoms with Crippen LogP contribution in [0.1, 0.15) is 73.1 Å². The molecule has 48 heavy (non-hydrogen) atoms. The summed E-state index contributed by atoms with van der Waals surface area (Å²) in [5.41, 5.74) is 13.7. The first-order valence-electron chi connectivity index (χ1n) is 17.8. The van der Waals surface area contributed by atoms with Crippen molar-refractivity contribution >= 4 is 45.6 Å². The van der Waals surface area contributed by atoms with Crippen LogP contribution in [0.15, 0.2) is 152 Å². The van der Waals surface area contributed by atoms with E-state index in [1.165, 1.54) is 51.9 Å². The molecule has 0 heterocycles. The molecule has 5 aromatic carbocycles. The molecule has 4 aliphatic rings. The Kier molecular flexibility index (Phi) is 7.33. The van der Waals surface area contributed by atoms with E-state index in [2.05, 4.69) is 183 Å². The van der Waals surface area contributed by atoms with Gasteiger partial charge < -0.3 is 0 Å². The molecule has 0 amide bonds. The van der Waals surface area contributed by atoms with Crippen LogP contribution in [0.3, 0.4) is 0 Å². The number of benzene rings is 5. The van der Waals surface area contributed by atoms with Crippen LogP contribution in [0, 0.1) is 0 Å². The van der Waals surface area contributed by atoms with Crippen molar-refractivity contribution < 1.29 is 0 Å². The van der Waals surface area contributed by atoms with Gasteiger partial charge in [-0.1, -0.05) is 206 Å². The Morgan fingerprint density at radius 2 is 0.750 bits per heavy atom. The summed E-state index contributed by atoms with van der Waals surface area (Å²) >= 11 is 0. The fourth-order valence-electron chi connectivity index (χ4n) is 10.1. The van der Waals surface area contributed by atoms with Gasteiger partial charge in [0.2, 0.25) is 0 Å². The third-order valence-electron chi connectivity index (χ3n) is 12.3. The molecule has 0 aliphatic heterocycles. The molecule has 4 unspecified atom stereocenters. The molecule has 0 bridgehead atoms. The number of hydrogen-bond acceptors (Lipinski definition) is 0. The van der Waals surface area contributed by atoms with E-state index in [4.69, 9.17) is 0 Å². The summed E-state index contributed by atoms with van der Waals surface area (Å²) in [6, 6.07) is 51.2. The van der Waals surface area contributed by atoms with Crippen LogP contribution in [-0.4, -0.2) is 16.1 Å². The van der Waals surface area contributed by atoms with Crippen LogP contribution in [0.4, 0.5) is 0 Å². The number of hydrogen-bond donors (Lipinski definition) is 0. The van der Waals surface area contributed by atoms with Crippen molar-refractivity contribution in [2.75, 3.05) is 0 Å². The summed E-state index contributed by atoms with van der Waals surface area (Å²) in [6.45, 7) is 2.74. The molecule has 9 rings (SSSR count). The lowest BCUT2D eigenvalue weighted by Gasteiger charge is -2.44. The number of allylic oxidation sites excluding steroid dienone is 4. The van der Waals surface area contributed by atoms with E-state index in [0.717, 1.165) is 0 Å². The molecule has 0 aromatic heterocycles. The van der Waals surface area contributed by atoms with Gasteiger partial charge in [0.05, 0.1) is 8.07 Å². The Bertz CT molecular complexity index is 1990. The molecule has 234 valence electrons. The van der Waals surface area contributed by atoms with Gasteiger partial charge in [0.1, 0.15) is 8.07 Å². The summed E-state index contributed by atoms with van der Waals surface area (Å²) in [5, 5.41) is 1.60. The summed E-state index contributed by atoms with van der Waals surface area (Å²) in [7, 11) is -4.31. The summed E-state index contributed by atoms with van der Waals surface area (Å²) in [4.78, 5) is 0. The van der Waals surface area contributed by atoms with E-state index < -0.39 is 16.1 Å². The van der Waals surface area contributed by atoms with Gasteiger partial charge in [-0.25, -0.2) is 0 Å². The second-order valence-electron chi connectivity index (χ2n) is 14.6. The van der Waals surface area contributed by atoms with Gasteiger partial charge in [-0.15, -0.1) is 0 Å². The minimum Gasteiger partial charge on any atom is -0.0791 e. The molecule has 0 radical (unpaired) electrons. The normalized spacial score (nSPS) is 23.4. The van der Waals surface area contributed by atoms with E-state index in [9.17, 15) is 0 Å². The van der Waals surface area contributed by atoms with Crippen molar-refractivity contribution in [3.63, 3.8) is 0 Å². The van der Waals surface area contributed by atoms with Crippen molar-refractivity contribution in [1.82, 2.24) is 0 Å². The summed E-state index contributed by atoms with van der Waals surface area (Å²) < 4.78 is 0. The predicted molar refractivity (Wildman–Crippen MR) is 211 cm³/mol. The predicted octanol–water partition coefficient (Wildman–Crippen LogP) is 11.2. The first kappa shape index (κ1) is 29.6. The van der Waals surface area contributed by atoms with Gasteiger partial charge in [0.25, 0.3) is 0 Å². The second-order valence-corrected chi connectivity index (χ2v) is 23.8. The van der Waals surface area contributed by atoms with E-state index in [1.54, 1.807) is 16.3 Å². The Labute approximate surface area is 287 Å². The van der Waals surface area contributed by atoms with Crippen LogP contribution in [-0.2, 0) is 0 Å². The van der Waals surface area contributed by atoms with Gasteiger partial charge >= 0.3 is 0 Å². The zero-order chi connectivity index (χ0) is 32.1. The monoisotopic (exact) mass is 650 g/mol. The molecule has 0 nitrogen and oxygen atoms in total. The van der Waals surface area contributed by atoms with Crippen molar-refractivity contribution in [3.8, 4) is 0 Å². The average molecular weight is 651 g/mol. The highest BCUT2D eigenvalue weighted by Crippen LogP contribution is 2.53. The fraction of sp³-hybridized carbons (Fsp3) is 0.174. The Balaban J connectivity index is 1.16. The van der Waals surface area contributed by atoms with E-state index in [1.807, 2.05) is 0 Å². The van der Waals surface area contributed by atoms with E-state index >= 15 is 0 Å². The molecule has 0 saturated carbocycles. The molecule has 0 N–H and O–H groups in total. The quantitative estimate of drug-likeness (QED) is 0.139. The first-order chi connectivity index (χ1) is 23.7. The van der Waals surface area contributed by atoms with Crippen LogP contribution < -0.4 is 5.19 Å². The fourth-order valence-corrected chi connectivity index (χ4v) is 21.5. The minimum atomic E-state index is -2.32. The second kappa shape index (κ2) is 11.9. The van der Waals surface area contributed by atoms with Crippen LogP contribution in [0.25, 0.3) is 24.3 Å². The molecule has 0 spiro atoms. The molecule has 4 aliphatic carbocycles. The topological polar surface area (TPSA) is 0 Å². The number of fused-ring (bicyclic) bond motifs is 4. The van der Waals surface area contributed by atoms with Gasteiger partial charge in [-0.2, -0.15) is 0 Å². The smallest absolute Gasteiger partial charge is 0.0791 e. The Morgan fingerprint density at radius 3 is 1.19 bits per heavy atom. The van der Waals surface area contributed by atoms with Gasteiger partial charge in [0.15, 0.2) is 0 Å². The highest BCUT2D eigenvalue weighted by atomic mass is 28.3. The van der Waals surface area contributed by atoms with Gasteiger partial charge in [0, 0.05) is 11.1 Å². The standard InChI is InChI=1S/C46H42Si2/c1-47(43-28-24-34-14-5-9-20-39(34)43,44-29-25-35-15-6-10-21-40(35)44)32-13-33-48(38-18-3-2-4-19-38,45-30-26-36-16-7-11-22-41(36)45)46-31-27-37-17-8-12-23-42(37)46/h2-12,14-31,43-46H,13,32-33H2,1H3. The van der Waals surface area contributed by atoms with Crippen molar-refractivity contribution in [2.45, 2.75) is 47.2 Å². The molecule has 2 heteroatoms. The maximum absolute atomic E-state index is 2.74. The lowest BCUT2D eigenvalue weighted by molar-refractivity contribution is 0.903. The SMILES string of the molecule is C[Si](CCC[Si](c1ccccc1)(C1C=Cc2ccccc21)C1C=Cc2ccccc21)(C1C=Cc2ccccc21)C1C=Cc2ccccc21. The van der Waals surface area contributed by atoms with E-state index in [0.29, 0.717) is 22.2 Å². The van der Waals surface area contributed by atoms with E-state index in [-0.39, 0.29) is 0 Å². The van der Waals surface area contributed by atoms with Crippen molar-refractivity contribution in [3.05, 3.63) is 196 Å². The van der Waals surface area contributed by atoms with Crippen molar-refractivity contribution in [1.29, 1.82) is 0 Å². The third kappa shape index (κ3) is 4.61. The largest absolute Gasteiger partial charge is 0.109 e. The van der Waals surface area contributed by atoms with Crippen LogP contribution in [0.5, 0.6) is 0 Å². The maximum Gasteiger partial charge on any atom is 0.109 e. The molecular weight excluding hydrogens is 609 g/mol. The molecule has 0 fully saturated rings. The van der Waals surface area contributed by atoms with Gasteiger partial charge in [-0.05, 0) is 55.6 Å². The van der Waals surface area contributed by atoms with Crippen molar-refractivity contribution in [2.24, 2.45) is 0 Å². The lowest BCUT2D eigenvalue weighted by Crippen LogP contribution is -2.57. The first-order valence-corrected chi connectivity index (χ1v) is 23.0. The highest BCUT2D eigenvalue weighted by Gasteiger charge is 2.52. The zero-order valence-corrected chi connectivity index (χ0v) is 29.7. The highest BCUT2D eigenvalue weighted by molar-refractivity contribution is 6.95. The Morgan fingerprint density at radius 1 is 0.396 bits per heavy atom. The Hall–Kier alpha value is -4.51. The number of rotatable bonds is 9. The summed E-state index contributed by atoms with van der Waals surface area (Å²) in [5.74, 6) is 0. The maximum atomic E-state index is 2.74. The summed E-state index contributed by atoms with van der Waals surface area (Å²) in [6.07, 6.45) is 21.3.